The number of fused-ring (bicyclic) bond motifs is 1. The average Bonchev–Trinajstić information content (AvgIpc) is 3.09. The van der Waals surface area contributed by atoms with Gasteiger partial charge in [-0.05, 0) is 0 Å². The van der Waals surface area contributed by atoms with E-state index in [1.54, 1.807) is 0 Å². The molecule has 0 aromatic carbocycles. The van der Waals surface area contributed by atoms with Gasteiger partial charge < -0.3 is 31.2 Å². The normalized spacial score (nSPS) is 25.8. The van der Waals surface area contributed by atoms with Gasteiger partial charge in [-0.2, -0.15) is 0 Å². The minimum absolute atomic E-state index is 0.0703. The molecule has 1 saturated heterocycles. The fraction of sp³-hybridized carbons (Fsp3) is 0.417. The Labute approximate surface area is 139 Å². The molecule has 0 saturated carbocycles. The van der Waals surface area contributed by atoms with Gasteiger partial charge >= 0.3 is 12.1 Å². The van der Waals surface area contributed by atoms with Gasteiger partial charge in [-0.15, -0.1) is 0 Å². The van der Waals surface area contributed by atoms with Crippen LogP contribution in [0.3, 0.4) is 0 Å². The standard InChI is InChI=1S/C12H15N7O6/c13-11(22)18-8-5-9(16-2-15-8)19(3-17-5)10-7(25-12(14)23)6(21)4(1-20)24-10/h2-4,6-7,10,20-21H,1H2,(H2,14,23)(H3,13,15,16,18,22)/t4-,6-,7-,10-/m1/s1. The van der Waals surface area contributed by atoms with Gasteiger partial charge in [-0.1, -0.05) is 0 Å². The molecule has 2 aromatic rings. The first-order valence-electron chi connectivity index (χ1n) is 7.06. The van der Waals surface area contributed by atoms with E-state index in [0.717, 1.165) is 6.33 Å². The predicted molar refractivity (Wildman–Crippen MR) is 80.0 cm³/mol. The van der Waals surface area contributed by atoms with Crippen molar-refractivity contribution in [2.45, 2.75) is 24.5 Å². The Morgan fingerprint density at radius 1 is 1.36 bits per heavy atom. The van der Waals surface area contributed by atoms with Crippen LogP contribution in [-0.4, -0.2) is 66.8 Å². The molecule has 0 radical (unpaired) electrons. The monoisotopic (exact) mass is 353 g/mol. The number of nitrogens with one attached hydrogen (secondary N) is 1. The smallest absolute Gasteiger partial charge is 0.405 e. The zero-order valence-corrected chi connectivity index (χ0v) is 12.6. The van der Waals surface area contributed by atoms with Gasteiger partial charge in [0.15, 0.2) is 29.3 Å². The molecule has 0 bridgehead atoms. The molecule has 7 N–H and O–H groups in total. The SMILES string of the molecule is NC(=O)Nc1ncnc2c1ncn2[C@@H]1O[C@H](CO)[C@@H](O)[C@H]1OC(N)=O. The number of primary amides is 2. The number of carbonyl (C=O) groups excluding carboxylic acids is 2. The molecule has 0 unspecified atom stereocenters. The van der Waals surface area contributed by atoms with Crippen LogP contribution in [0.4, 0.5) is 15.4 Å². The van der Waals surface area contributed by atoms with E-state index >= 15 is 0 Å². The highest BCUT2D eigenvalue weighted by molar-refractivity contribution is 5.95. The minimum Gasteiger partial charge on any atom is -0.439 e. The molecular formula is C12H15N7O6. The third-order valence-electron chi connectivity index (χ3n) is 3.62. The Balaban J connectivity index is 2.02. The number of carbonyl (C=O) groups is 2. The second-order valence-corrected chi connectivity index (χ2v) is 5.18. The number of nitrogens with zero attached hydrogens (tertiary/aromatic N) is 4. The second kappa shape index (κ2) is 6.46. The molecule has 3 heterocycles. The number of aliphatic hydroxyl groups is 2. The Kier molecular flexibility index (Phi) is 4.35. The van der Waals surface area contributed by atoms with Gasteiger partial charge in [-0.3, -0.25) is 9.88 Å². The maximum absolute atomic E-state index is 11.1. The Morgan fingerprint density at radius 2 is 2.12 bits per heavy atom. The summed E-state index contributed by atoms with van der Waals surface area (Å²) in [6.45, 7) is -0.508. The Hall–Kier alpha value is -3.03. The Bertz CT molecular complexity index is 810. The van der Waals surface area contributed by atoms with E-state index in [-0.39, 0.29) is 17.0 Å². The van der Waals surface area contributed by atoms with E-state index in [1.807, 2.05) is 0 Å². The van der Waals surface area contributed by atoms with Crippen molar-refractivity contribution in [2.24, 2.45) is 11.5 Å². The van der Waals surface area contributed by atoms with Gasteiger partial charge in [0.25, 0.3) is 0 Å². The highest BCUT2D eigenvalue weighted by Gasteiger charge is 2.47. The van der Waals surface area contributed by atoms with Crippen molar-refractivity contribution >= 4 is 29.1 Å². The van der Waals surface area contributed by atoms with Crippen LogP contribution in [0.1, 0.15) is 6.23 Å². The highest BCUT2D eigenvalue weighted by Crippen LogP contribution is 2.34. The molecule has 13 heteroatoms. The van der Waals surface area contributed by atoms with E-state index in [9.17, 15) is 19.8 Å². The summed E-state index contributed by atoms with van der Waals surface area (Å²) in [4.78, 5) is 34.1. The maximum atomic E-state index is 11.1. The molecule has 3 rings (SSSR count). The van der Waals surface area contributed by atoms with Gasteiger partial charge in [0.05, 0.1) is 12.9 Å². The fourth-order valence-corrected chi connectivity index (χ4v) is 2.60. The number of rotatable bonds is 4. The van der Waals surface area contributed by atoms with E-state index in [1.165, 1.54) is 10.9 Å². The zero-order valence-electron chi connectivity index (χ0n) is 12.6. The topological polar surface area (TPSA) is 201 Å². The van der Waals surface area contributed by atoms with Crippen LogP contribution >= 0.6 is 0 Å². The summed E-state index contributed by atoms with van der Waals surface area (Å²) in [6, 6.07) is -0.836. The predicted octanol–water partition coefficient (Wildman–Crippen LogP) is -1.97. The molecule has 13 nitrogen and oxygen atoms in total. The molecule has 3 amide bonds. The van der Waals surface area contributed by atoms with Crippen molar-refractivity contribution in [2.75, 3.05) is 11.9 Å². The zero-order chi connectivity index (χ0) is 18.1. The van der Waals surface area contributed by atoms with Crippen LogP contribution in [-0.2, 0) is 9.47 Å². The van der Waals surface area contributed by atoms with Crippen molar-refractivity contribution in [3.63, 3.8) is 0 Å². The number of hydrogen-bond acceptors (Lipinski definition) is 9. The molecule has 1 aliphatic rings. The summed E-state index contributed by atoms with van der Waals surface area (Å²) >= 11 is 0. The molecule has 134 valence electrons. The lowest BCUT2D eigenvalue weighted by molar-refractivity contribution is -0.0523. The first-order chi connectivity index (χ1) is 11.9. The van der Waals surface area contributed by atoms with Gasteiger partial charge in [-0.25, -0.2) is 24.5 Å². The number of urea groups is 1. The van der Waals surface area contributed by atoms with Crippen molar-refractivity contribution in [1.82, 2.24) is 19.5 Å². The van der Waals surface area contributed by atoms with Crippen molar-refractivity contribution in [3.8, 4) is 0 Å². The lowest BCUT2D eigenvalue weighted by Gasteiger charge is -2.20. The number of imidazole rings is 1. The maximum Gasteiger partial charge on any atom is 0.405 e. The summed E-state index contributed by atoms with van der Waals surface area (Å²) in [7, 11) is 0. The number of aliphatic hydroxyl groups excluding tert-OH is 2. The summed E-state index contributed by atoms with van der Waals surface area (Å²) < 4.78 is 11.8. The van der Waals surface area contributed by atoms with Crippen LogP contribution in [0.25, 0.3) is 11.2 Å². The quantitative estimate of drug-likeness (QED) is 0.413. The number of anilines is 1. The van der Waals surface area contributed by atoms with E-state index < -0.39 is 43.3 Å². The van der Waals surface area contributed by atoms with Crippen LogP contribution in [0.15, 0.2) is 12.7 Å². The largest absolute Gasteiger partial charge is 0.439 e. The van der Waals surface area contributed by atoms with Crippen LogP contribution in [0, 0.1) is 0 Å². The van der Waals surface area contributed by atoms with Crippen LogP contribution < -0.4 is 16.8 Å². The van der Waals surface area contributed by atoms with Crippen molar-refractivity contribution in [3.05, 3.63) is 12.7 Å². The molecule has 0 spiro atoms. The summed E-state index contributed by atoms with van der Waals surface area (Å²) in [6.07, 6.45) is -3.24. The summed E-state index contributed by atoms with van der Waals surface area (Å²) in [5, 5.41) is 21.7. The van der Waals surface area contributed by atoms with Gasteiger partial charge in [0.1, 0.15) is 18.5 Å². The lowest BCUT2D eigenvalue weighted by atomic mass is 10.1. The second-order valence-electron chi connectivity index (χ2n) is 5.18. The highest BCUT2D eigenvalue weighted by atomic mass is 16.6. The molecule has 0 aliphatic carbocycles. The third-order valence-corrected chi connectivity index (χ3v) is 3.62. The molecule has 1 fully saturated rings. The van der Waals surface area contributed by atoms with Gasteiger partial charge in [0.2, 0.25) is 0 Å². The van der Waals surface area contributed by atoms with E-state index in [2.05, 4.69) is 20.3 Å². The molecule has 1 aliphatic heterocycles. The number of aromatic nitrogens is 4. The lowest BCUT2D eigenvalue weighted by Crippen LogP contribution is -2.38. The third kappa shape index (κ3) is 3.02. The first kappa shape index (κ1) is 16.8. The molecule has 2 aromatic heterocycles. The van der Waals surface area contributed by atoms with Crippen LogP contribution in [0.5, 0.6) is 0 Å². The average molecular weight is 353 g/mol. The number of nitrogens with two attached hydrogens (primary N) is 2. The van der Waals surface area contributed by atoms with E-state index in [4.69, 9.17) is 20.9 Å². The fourth-order valence-electron chi connectivity index (χ4n) is 2.60. The summed E-state index contributed by atoms with van der Waals surface area (Å²) in [5.74, 6) is 0.0703. The molecule has 25 heavy (non-hydrogen) atoms. The van der Waals surface area contributed by atoms with Crippen molar-refractivity contribution in [1.29, 1.82) is 0 Å². The van der Waals surface area contributed by atoms with Crippen molar-refractivity contribution < 1.29 is 29.3 Å². The molecule has 4 atom stereocenters. The van der Waals surface area contributed by atoms with E-state index in [0.29, 0.717) is 0 Å². The minimum atomic E-state index is -1.31. The van der Waals surface area contributed by atoms with Crippen LogP contribution in [0.2, 0.25) is 0 Å². The number of amides is 3. The van der Waals surface area contributed by atoms with Gasteiger partial charge in [0, 0.05) is 0 Å². The number of ether oxygens (including phenoxy) is 2. The summed E-state index contributed by atoms with van der Waals surface area (Å²) in [5.41, 5.74) is 10.5. The molecular weight excluding hydrogens is 338 g/mol. The first-order valence-corrected chi connectivity index (χ1v) is 7.06. The Morgan fingerprint density at radius 3 is 2.76 bits per heavy atom. The number of hydrogen-bond donors (Lipinski definition) is 5.